The molecule has 0 saturated carbocycles. The molecule has 1 amide bonds. The summed E-state index contributed by atoms with van der Waals surface area (Å²) in [5.74, 6) is 1.83. The molecule has 0 spiro atoms. The first-order valence-corrected chi connectivity index (χ1v) is 10.3. The second-order valence-corrected chi connectivity index (χ2v) is 7.28. The fraction of sp³-hybridized carbons (Fsp3) is 0.208. The Hall–Kier alpha value is -4.47. The number of methoxy groups -OCH3 is 4. The summed E-state index contributed by atoms with van der Waals surface area (Å²) in [5, 5.41) is 7.24. The van der Waals surface area contributed by atoms with Crippen molar-refractivity contribution in [2.45, 2.75) is 6.54 Å². The molecule has 10 nitrogen and oxygen atoms in total. The zero-order chi connectivity index (χ0) is 24.2. The molecule has 34 heavy (non-hydrogen) atoms. The van der Waals surface area contributed by atoms with Crippen molar-refractivity contribution in [3.05, 3.63) is 65.2 Å². The predicted octanol–water partition coefficient (Wildman–Crippen LogP) is 2.84. The van der Waals surface area contributed by atoms with Crippen LogP contribution in [0.4, 0.5) is 5.69 Å². The van der Waals surface area contributed by atoms with Crippen LogP contribution in [-0.4, -0.2) is 48.5 Å². The summed E-state index contributed by atoms with van der Waals surface area (Å²) in [6.07, 6.45) is 3.15. The third kappa shape index (κ3) is 4.38. The third-order valence-corrected chi connectivity index (χ3v) is 5.26. The van der Waals surface area contributed by atoms with Crippen molar-refractivity contribution in [3.63, 3.8) is 0 Å². The van der Waals surface area contributed by atoms with Gasteiger partial charge in [0.25, 0.3) is 5.56 Å². The fourth-order valence-corrected chi connectivity index (χ4v) is 3.56. The van der Waals surface area contributed by atoms with Crippen LogP contribution in [0.2, 0.25) is 0 Å². The Balaban J connectivity index is 1.57. The van der Waals surface area contributed by atoms with Crippen LogP contribution in [0.1, 0.15) is 0 Å². The minimum Gasteiger partial charge on any atom is -0.493 e. The summed E-state index contributed by atoms with van der Waals surface area (Å²) in [4.78, 5) is 25.6. The number of anilines is 1. The fourth-order valence-electron chi connectivity index (χ4n) is 3.56. The molecule has 0 atom stereocenters. The van der Waals surface area contributed by atoms with Gasteiger partial charge in [-0.1, -0.05) is 0 Å². The number of amides is 1. The van der Waals surface area contributed by atoms with Gasteiger partial charge in [-0.15, -0.1) is 0 Å². The van der Waals surface area contributed by atoms with Crippen LogP contribution in [0.3, 0.4) is 0 Å². The lowest BCUT2D eigenvalue weighted by Gasteiger charge is -2.11. The van der Waals surface area contributed by atoms with E-state index in [0.717, 1.165) is 5.56 Å². The molecule has 0 unspecified atom stereocenters. The second-order valence-electron chi connectivity index (χ2n) is 7.28. The Labute approximate surface area is 195 Å². The topological polar surface area (TPSA) is 105 Å². The average molecular weight is 464 g/mol. The molecular formula is C24H24N4O6. The Morgan fingerprint density at radius 1 is 0.853 bits per heavy atom. The molecule has 10 heteroatoms. The van der Waals surface area contributed by atoms with E-state index in [1.54, 1.807) is 56.8 Å². The highest BCUT2D eigenvalue weighted by molar-refractivity contribution is 5.91. The number of hydrogen-bond acceptors (Lipinski definition) is 7. The summed E-state index contributed by atoms with van der Waals surface area (Å²) >= 11 is 0. The lowest BCUT2D eigenvalue weighted by Crippen LogP contribution is -2.28. The minimum absolute atomic E-state index is 0.166. The van der Waals surface area contributed by atoms with E-state index in [2.05, 4.69) is 10.4 Å². The van der Waals surface area contributed by atoms with Gasteiger partial charge < -0.3 is 28.8 Å². The number of nitrogens with zero attached hydrogens (tertiary/aromatic N) is 3. The lowest BCUT2D eigenvalue weighted by atomic mass is 10.1. The highest BCUT2D eigenvalue weighted by Crippen LogP contribution is 2.32. The molecule has 2 aromatic carbocycles. The second kappa shape index (κ2) is 9.57. The number of rotatable bonds is 8. The maximum Gasteiger partial charge on any atom is 0.277 e. The smallest absolute Gasteiger partial charge is 0.277 e. The van der Waals surface area contributed by atoms with E-state index in [4.69, 9.17) is 18.9 Å². The number of ether oxygens (including phenoxy) is 4. The van der Waals surface area contributed by atoms with E-state index in [9.17, 15) is 9.59 Å². The Bertz CT molecular complexity index is 1410. The number of fused-ring (bicyclic) bond motifs is 1. The van der Waals surface area contributed by atoms with Crippen LogP contribution >= 0.6 is 0 Å². The van der Waals surface area contributed by atoms with Crippen molar-refractivity contribution >= 4 is 17.1 Å². The Morgan fingerprint density at radius 3 is 2.18 bits per heavy atom. The Kier molecular flexibility index (Phi) is 6.39. The molecule has 0 aliphatic carbocycles. The molecule has 176 valence electrons. The molecule has 0 aliphatic heterocycles. The summed E-state index contributed by atoms with van der Waals surface area (Å²) in [5.41, 5.74) is 1.87. The van der Waals surface area contributed by atoms with Crippen molar-refractivity contribution in [3.8, 4) is 34.3 Å². The number of carbonyl (C=O) groups is 1. The van der Waals surface area contributed by atoms with E-state index in [1.807, 2.05) is 6.07 Å². The highest BCUT2D eigenvalue weighted by Gasteiger charge is 2.14. The highest BCUT2D eigenvalue weighted by atomic mass is 16.5. The molecule has 2 heterocycles. The summed E-state index contributed by atoms with van der Waals surface area (Å²) in [7, 11) is 6.16. The molecule has 1 N–H and O–H groups in total. The lowest BCUT2D eigenvalue weighted by molar-refractivity contribution is -0.116. The molecule has 0 bridgehead atoms. The maximum absolute atomic E-state index is 13.0. The van der Waals surface area contributed by atoms with Crippen molar-refractivity contribution in [2.24, 2.45) is 0 Å². The van der Waals surface area contributed by atoms with Gasteiger partial charge in [0.1, 0.15) is 12.1 Å². The van der Waals surface area contributed by atoms with Crippen molar-refractivity contribution in [2.75, 3.05) is 33.8 Å². The van der Waals surface area contributed by atoms with E-state index in [0.29, 0.717) is 39.9 Å². The van der Waals surface area contributed by atoms with Crippen LogP contribution in [0.5, 0.6) is 23.0 Å². The summed E-state index contributed by atoms with van der Waals surface area (Å²) in [6, 6.07) is 12.1. The van der Waals surface area contributed by atoms with Gasteiger partial charge in [0, 0.05) is 29.7 Å². The molecule has 0 aliphatic rings. The zero-order valence-corrected chi connectivity index (χ0v) is 19.2. The van der Waals surface area contributed by atoms with Crippen molar-refractivity contribution < 1.29 is 23.7 Å². The summed E-state index contributed by atoms with van der Waals surface area (Å²) < 4.78 is 23.9. The summed E-state index contributed by atoms with van der Waals surface area (Å²) in [6.45, 7) is -0.166. The van der Waals surface area contributed by atoms with Gasteiger partial charge in [-0.2, -0.15) is 5.10 Å². The van der Waals surface area contributed by atoms with E-state index in [1.165, 1.54) is 29.5 Å². The normalized spacial score (nSPS) is 10.7. The first-order chi connectivity index (χ1) is 16.5. The van der Waals surface area contributed by atoms with Crippen LogP contribution < -0.4 is 29.8 Å². The number of carbonyl (C=O) groups excluding carboxylic acids is 1. The van der Waals surface area contributed by atoms with Crippen molar-refractivity contribution in [1.82, 2.24) is 14.2 Å². The standard InChI is InChI=1S/C24H24N4O6/c1-31-19-7-5-15(11-21(19)33-3)17-13-18-24(30)27(9-10-28(18)26-17)14-23(29)25-16-6-8-20(32-2)22(12-16)34-4/h5-13H,14H2,1-4H3,(H,25,29). The quantitative estimate of drug-likeness (QED) is 0.427. The van der Waals surface area contributed by atoms with Crippen LogP contribution in [0.15, 0.2) is 59.7 Å². The molecule has 0 saturated heterocycles. The number of benzene rings is 2. The van der Waals surface area contributed by atoms with Crippen LogP contribution in [-0.2, 0) is 11.3 Å². The van der Waals surface area contributed by atoms with Crippen molar-refractivity contribution in [1.29, 1.82) is 0 Å². The van der Waals surface area contributed by atoms with Gasteiger partial charge in [-0.3, -0.25) is 9.59 Å². The molecule has 4 rings (SSSR count). The van der Waals surface area contributed by atoms with E-state index >= 15 is 0 Å². The van der Waals surface area contributed by atoms with Gasteiger partial charge in [0.2, 0.25) is 5.91 Å². The molecule has 4 aromatic rings. The molecule has 2 aromatic heterocycles. The number of aromatic nitrogens is 3. The van der Waals surface area contributed by atoms with E-state index in [-0.39, 0.29) is 18.0 Å². The largest absolute Gasteiger partial charge is 0.493 e. The van der Waals surface area contributed by atoms with Gasteiger partial charge >= 0.3 is 0 Å². The van der Waals surface area contributed by atoms with Gasteiger partial charge in [-0.25, -0.2) is 4.52 Å². The Morgan fingerprint density at radius 2 is 1.50 bits per heavy atom. The maximum atomic E-state index is 13.0. The SMILES string of the molecule is COc1ccc(NC(=O)Cn2ccn3nc(-c4ccc(OC)c(OC)c4)cc3c2=O)cc1OC. The minimum atomic E-state index is -0.363. The monoisotopic (exact) mass is 464 g/mol. The predicted molar refractivity (Wildman–Crippen MR) is 126 cm³/mol. The van der Waals surface area contributed by atoms with Crippen LogP contribution in [0, 0.1) is 0 Å². The first-order valence-electron chi connectivity index (χ1n) is 10.3. The zero-order valence-electron chi connectivity index (χ0n) is 19.2. The average Bonchev–Trinajstić information content (AvgIpc) is 3.30. The van der Waals surface area contributed by atoms with E-state index < -0.39 is 0 Å². The third-order valence-electron chi connectivity index (χ3n) is 5.26. The molecule has 0 fully saturated rings. The van der Waals surface area contributed by atoms with Gasteiger partial charge in [-0.05, 0) is 36.4 Å². The molecular weight excluding hydrogens is 440 g/mol. The van der Waals surface area contributed by atoms with Gasteiger partial charge in [0.15, 0.2) is 23.0 Å². The van der Waals surface area contributed by atoms with Crippen LogP contribution in [0.25, 0.3) is 16.8 Å². The number of nitrogens with one attached hydrogen (secondary N) is 1. The van der Waals surface area contributed by atoms with Gasteiger partial charge in [0.05, 0.1) is 34.1 Å². The first kappa shape index (κ1) is 22.7. The molecule has 0 radical (unpaired) electrons. The number of hydrogen-bond donors (Lipinski definition) is 1.